The first-order chi connectivity index (χ1) is 9.64. The van der Waals surface area contributed by atoms with Crippen LogP contribution in [0.2, 0.25) is 0 Å². The van der Waals surface area contributed by atoms with Crippen molar-refractivity contribution >= 4 is 25.9 Å². The van der Waals surface area contributed by atoms with Crippen LogP contribution in [0.5, 0.6) is 0 Å². The molecule has 0 bridgehead atoms. The van der Waals surface area contributed by atoms with Gasteiger partial charge in [0.25, 0.3) is 10.2 Å². The van der Waals surface area contributed by atoms with Gasteiger partial charge in [0, 0.05) is 26.2 Å². The highest BCUT2D eigenvalue weighted by Gasteiger charge is 2.33. The van der Waals surface area contributed by atoms with Gasteiger partial charge < -0.3 is 5.73 Å². The van der Waals surface area contributed by atoms with Crippen molar-refractivity contribution in [1.29, 1.82) is 0 Å². The Morgan fingerprint density at radius 3 is 2.05 bits per heavy atom. The topological polar surface area (TPSA) is 127 Å². The number of halogens is 1. The first-order valence-corrected chi connectivity index (χ1v) is 8.90. The van der Waals surface area contributed by atoms with Gasteiger partial charge in [-0.2, -0.15) is 17.0 Å². The molecule has 1 saturated heterocycles. The predicted molar refractivity (Wildman–Crippen MR) is 74.3 cm³/mol. The van der Waals surface area contributed by atoms with Crippen LogP contribution in [0.25, 0.3) is 0 Å². The first kappa shape index (κ1) is 16.1. The highest BCUT2D eigenvalue weighted by Crippen LogP contribution is 2.25. The predicted octanol–water partition coefficient (Wildman–Crippen LogP) is -1.08. The first-order valence-electron chi connectivity index (χ1n) is 5.96. The van der Waals surface area contributed by atoms with E-state index in [1.54, 1.807) is 0 Å². The molecular weight excluding hydrogens is 323 g/mol. The number of anilines is 1. The van der Waals surface area contributed by atoms with Gasteiger partial charge >= 0.3 is 0 Å². The zero-order chi connectivity index (χ0) is 15.8. The maximum atomic E-state index is 13.4. The summed E-state index contributed by atoms with van der Waals surface area (Å²) in [7, 11) is -7.83. The number of rotatable bonds is 3. The molecule has 118 valence electrons. The average molecular weight is 338 g/mol. The highest BCUT2D eigenvalue weighted by atomic mass is 32.2. The number of benzene rings is 1. The summed E-state index contributed by atoms with van der Waals surface area (Å²) < 4.78 is 62.6. The molecular formula is C10H15FN4O4S2. The van der Waals surface area contributed by atoms with E-state index in [4.69, 9.17) is 10.9 Å². The van der Waals surface area contributed by atoms with Crippen molar-refractivity contribution in [2.45, 2.75) is 4.90 Å². The van der Waals surface area contributed by atoms with Crippen LogP contribution in [0.3, 0.4) is 0 Å². The Morgan fingerprint density at radius 1 is 1.00 bits per heavy atom. The van der Waals surface area contributed by atoms with Gasteiger partial charge in [0.2, 0.25) is 10.0 Å². The molecule has 0 radical (unpaired) electrons. The van der Waals surface area contributed by atoms with Crippen molar-refractivity contribution in [3.05, 3.63) is 24.0 Å². The molecule has 0 spiro atoms. The molecule has 0 aromatic heterocycles. The molecule has 1 aromatic rings. The number of hydrogen-bond donors (Lipinski definition) is 2. The van der Waals surface area contributed by atoms with Crippen LogP contribution in [0.4, 0.5) is 10.1 Å². The second-order valence-electron chi connectivity index (χ2n) is 4.50. The Balaban J connectivity index is 2.25. The van der Waals surface area contributed by atoms with E-state index in [0.29, 0.717) is 0 Å². The molecule has 1 heterocycles. The summed E-state index contributed by atoms with van der Waals surface area (Å²) in [5.74, 6) is -0.820. The largest absolute Gasteiger partial charge is 0.395 e. The molecule has 0 amide bonds. The fourth-order valence-corrected chi connectivity index (χ4v) is 4.27. The van der Waals surface area contributed by atoms with Crippen LogP contribution >= 0.6 is 0 Å². The van der Waals surface area contributed by atoms with Gasteiger partial charge in [-0.05, 0) is 12.1 Å². The summed E-state index contributed by atoms with van der Waals surface area (Å²) in [5, 5.41) is 4.98. The lowest BCUT2D eigenvalue weighted by atomic mass is 10.3. The number of nitrogen functional groups attached to an aromatic ring is 1. The molecule has 2 rings (SSSR count). The van der Waals surface area contributed by atoms with Crippen molar-refractivity contribution in [2.75, 3.05) is 31.9 Å². The molecule has 1 aromatic carbocycles. The van der Waals surface area contributed by atoms with Crippen LogP contribution in [0, 0.1) is 5.82 Å². The van der Waals surface area contributed by atoms with Crippen molar-refractivity contribution < 1.29 is 21.2 Å². The van der Waals surface area contributed by atoms with Gasteiger partial charge in [0.1, 0.15) is 10.7 Å². The Bertz CT molecular complexity index is 742. The maximum Gasteiger partial charge on any atom is 0.276 e. The van der Waals surface area contributed by atoms with Gasteiger partial charge in [0.15, 0.2) is 0 Å². The van der Waals surface area contributed by atoms with E-state index in [2.05, 4.69) is 0 Å². The van der Waals surface area contributed by atoms with E-state index in [-0.39, 0.29) is 31.1 Å². The smallest absolute Gasteiger partial charge is 0.276 e. The van der Waals surface area contributed by atoms with Gasteiger partial charge in [-0.25, -0.2) is 17.9 Å². The molecule has 4 N–H and O–H groups in total. The number of nitrogens with zero attached hydrogens (tertiary/aromatic N) is 2. The summed E-state index contributed by atoms with van der Waals surface area (Å²) in [5.41, 5.74) is 5.01. The van der Waals surface area contributed by atoms with Gasteiger partial charge in [-0.1, -0.05) is 6.07 Å². The fraction of sp³-hybridized carbons (Fsp3) is 0.400. The van der Waals surface area contributed by atoms with E-state index in [1.807, 2.05) is 0 Å². The minimum atomic E-state index is -3.98. The third-order valence-electron chi connectivity index (χ3n) is 3.19. The second-order valence-corrected chi connectivity index (χ2v) is 7.95. The highest BCUT2D eigenvalue weighted by molar-refractivity contribution is 7.89. The van der Waals surface area contributed by atoms with Gasteiger partial charge in [-0.3, -0.25) is 0 Å². The number of piperazine rings is 1. The zero-order valence-corrected chi connectivity index (χ0v) is 12.6. The lowest BCUT2D eigenvalue weighted by Crippen LogP contribution is -2.52. The summed E-state index contributed by atoms with van der Waals surface area (Å²) in [4.78, 5) is -0.327. The molecule has 0 unspecified atom stereocenters. The van der Waals surface area contributed by atoms with Crippen molar-refractivity contribution in [3.8, 4) is 0 Å². The Kier molecular flexibility index (Phi) is 4.22. The van der Waals surface area contributed by atoms with E-state index in [9.17, 15) is 21.2 Å². The van der Waals surface area contributed by atoms with E-state index >= 15 is 0 Å². The minimum Gasteiger partial charge on any atom is -0.395 e. The summed E-state index contributed by atoms with van der Waals surface area (Å²) in [6.45, 7) is -0.274. The maximum absolute atomic E-state index is 13.4. The number of hydrogen-bond acceptors (Lipinski definition) is 5. The lowest BCUT2D eigenvalue weighted by molar-refractivity contribution is 0.273. The third-order valence-corrected chi connectivity index (χ3v) is 6.23. The molecule has 0 saturated carbocycles. The van der Waals surface area contributed by atoms with Crippen LogP contribution < -0.4 is 10.9 Å². The zero-order valence-electron chi connectivity index (χ0n) is 10.9. The molecule has 21 heavy (non-hydrogen) atoms. The Hall–Kier alpha value is -1.27. The normalized spacial score (nSPS) is 18.8. The molecule has 1 aliphatic rings. The van der Waals surface area contributed by atoms with E-state index in [0.717, 1.165) is 14.7 Å². The minimum absolute atomic E-state index is 0.0622. The molecule has 11 heteroatoms. The van der Waals surface area contributed by atoms with E-state index < -0.39 is 31.7 Å². The monoisotopic (exact) mass is 338 g/mol. The Morgan fingerprint density at radius 2 is 1.52 bits per heavy atom. The van der Waals surface area contributed by atoms with Crippen LogP contribution in [0.15, 0.2) is 23.1 Å². The number of sulfonamides is 1. The summed E-state index contributed by atoms with van der Waals surface area (Å²) >= 11 is 0. The van der Waals surface area contributed by atoms with Crippen LogP contribution in [-0.2, 0) is 20.2 Å². The molecule has 1 aliphatic heterocycles. The summed E-state index contributed by atoms with van der Waals surface area (Å²) in [6, 6.07) is 3.52. The van der Waals surface area contributed by atoms with Crippen LogP contribution in [-0.4, -0.2) is 51.6 Å². The van der Waals surface area contributed by atoms with Crippen molar-refractivity contribution in [1.82, 2.24) is 8.61 Å². The van der Waals surface area contributed by atoms with Crippen molar-refractivity contribution in [2.24, 2.45) is 5.14 Å². The Labute approximate surface area is 122 Å². The average Bonchev–Trinajstić information content (AvgIpc) is 2.41. The molecule has 0 atom stereocenters. The number of nitrogens with two attached hydrogens (primary N) is 2. The fourth-order valence-electron chi connectivity index (χ4n) is 2.05. The quantitative estimate of drug-likeness (QED) is 0.678. The molecule has 0 aliphatic carbocycles. The van der Waals surface area contributed by atoms with Crippen molar-refractivity contribution in [3.63, 3.8) is 0 Å². The van der Waals surface area contributed by atoms with Crippen LogP contribution in [0.1, 0.15) is 0 Å². The molecule has 1 fully saturated rings. The van der Waals surface area contributed by atoms with Gasteiger partial charge in [-0.15, -0.1) is 0 Å². The van der Waals surface area contributed by atoms with E-state index in [1.165, 1.54) is 12.1 Å². The third kappa shape index (κ3) is 3.16. The lowest BCUT2D eigenvalue weighted by Gasteiger charge is -2.32. The number of para-hydroxylation sites is 1. The van der Waals surface area contributed by atoms with Gasteiger partial charge in [0.05, 0.1) is 5.69 Å². The SMILES string of the molecule is Nc1c(F)cccc1S(=O)(=O)N1CCN(S(N)(=O)=O)CC1. The molecule has 8 nitrogen and oxygen atoms in total. The standard InChI is InChI=1S/C10H15FN4O4S2/c11-8-2-1-3-9(10(8)12)20(16,17)14-4-6-15(7-5-14)21(13,18)19/h1-3H,4-7,12H2,(H2,13,18,19). The summed E-state index contributed by atoms with van der Waals surface area (Å²) in [6.07, 6.45) is 0. The second kappa shape index (κ2) is 5.50.